The predicted octanol–water partition coefficient (Wildman–Crippen LogP) is 1.97. The first kappa shape index (κ1) is 12.2. The van der Waals surface area contributed by atoms with Crippen LogP contribution in [-0.4, -0.2) is 26.3 Å². The third-order valence-corrected chi connectivity index (χ3v) is 5.49. The number of aliphatic carboxylic acids is 1. The lowest BCUT2D eigenvalue weighted by atomic mass is 9.49. The molecule has 5 rings (SSSR count). The fourth-order valence-electron chi connectivity index (χ4n) is 5.23. The van der Waals surface area contributed by atoms with E-state index in [-0.39, 0.29) is 11.8 Å². The van der Waals surface area contributed by atoms with Crippen molar-refractivity contribution in [2.75, 3.05) is 0 Å². The van der Waals surface area contributed by atoms with Crippen LogP contribution < -0.4 is 0 Å². The second kappa shape index (κ2) is 4.24. The first-order valence-corrected chi connectivity index (χ1v) is 7.54. The van der Waals surface area contributed by atoms with E-state index in [9.17, 15) is 4.79 Å². The summed E-state index contributed by atoms with van der Waals surface area (Å²) in [7, 11) is 0. The summed E-state index contributed by atoms with van der Waals surface area (Å²) in [6.45, 7) is 0. The van der Waals surface area contributed by atoms with Crippen molar-refractivity contribution < 1.29 is 9.90 Å². The van der Waals surface area contributed by atoms with Gasteiger partial charge in [-0.15, -0.1) is 5.10 Å². The van der Waals surface area contributed by atoms with E-state index in [0.717, 1.165) is 23.4 Å². The second-order valence-electron chi connectivity index (χ2n) is 7.03. The van der Waals surface area contributed by atoms with Crippen LogP contribution >= 0.6 is 0 Å². The lowest BCUT2D eigenvalue weighted by Gasteiger charge is -2.56. The van der Waals surface area contributed by atoms with Crippen LogP contribution in [0.2, 0.25) is 0 Å². The molecule has 4 fully saturated rings. The van der Waals surface area contributed by atoms with Gasteiger partial charge in [-0.25, -0.2) is 4.98 Å². The van der Waals surface area contributed by atoms with E-state index in [1.165, 1.54) is 38.5 Å². The maximum Gasteiger partial charge on any atom is 0.311 e. The molecular formula is C15H19N3O2. The van der Waals surface area contributed by atoms with Crippen molar-refractivity contribution >= 4 is 5.97 Å². The highest BCUT2D eigenvalue weighted by atomic mass is 16.4. The van der Waals surface area contributed by atoms with E-state index in [4.69, 9.17) is 5.11 Å². The zero-order valence-electron chi connectivity index (χ0n) is 11.5. The molecular weight excluding hydrogens is 254 g/mol. The van der Waals surface area contributed by atoms with E-state index in [0.29, 0.717) is 5.82 Å². The Hall–Kier alpha value is -1.52. The molecule has 20 heavy (non-hydrogen) atoms. The summed E-state index contributed by atoms with van der Waals surface area (Å²) in [6.07, 6.45) is 9.45. The topological polar surface area (TPSA) is 76.0 Å². The number of carboxylic acid groups (broad SMARTS) is 1. The van der Waals surface area contributed by atoms with Crippen molar-refractivity contribution in [3.05, 3.63) is 17.7 Å². The molecule has 0 amide bonds. The Morgan fingerprint density at radius 1 is 1.20 bits per heavy atom. The number of nitrogens with zero attached hydrogens (tertiary/aromatic N) is 3. The Labute approximate surface area is 117 Å². The molecule has 4 aliphatic rings. The number of carbonyl (C=O) groups is 1. The molecule has 0 spiro atoms. The van der Waals surface area contributed by atoms with Gasteiger partial charge in [0.2, 0.25) is 0 Å². The first-order chi connectivity index (χ1) is 9.63. The van der Waals surface area contributed by atoms with Crippen molar-refractivity contribution in [1.82, 2.24) is 15.2 Å². The molecule has 0 saturated heterocycles. The van der Waals surface area contributed by atoms with Crippen LogP contribution in [0.5, 0.6) is 0 Å². The smallest absolute Gasteiger partial charge is 0.311 e. The van der Waals surface area contributed by atoms with Gasteiger partial charge in [-0.3, -0.25) is 4.79 Å². The zero-order chi connectivity index (χ0) is 13.7. The first-order valence-electron chi connectivity index (χ1n) is 7.54. The van der Waals surface area contributed by atoms with E-state index in [1.54, 1.807) is 6.20 Å². The van der Waals surface area contributed by atoms with Gasteiger partial charge in [0.25, 0.3) is 0 Å². The number of aromatic nitrogens is 3. The molecule has 4 bridgehead atoms. The molecule has 0 atom stereocenters. The monoisotopic (exact) mass is 273 g/mol. The summed E-state index contributed by atoms with van der Waals surface area (Å²) in [5, 5.41) is 16.8. The van der Waals surface area contributed by atoms with E-state index < -0.39 is 5.97 Å². The molecule has 5 heteroatoms. The number of carboxylic acids is 1. The summed E-state index contributed by atoms with van der Waals surface area (Å²) >= 11 is 0. The molecule has 106 valence electrons. The van der Waals surface area contributed by atoms with E-state index in [2.05, 4.69) is 15.2 Å². The molecule has 0 radical (unpaired) electrons. The Balaban J connectivity index is 1.68. The lowest BCUT2D eigenvalue weighted by Crippen LogP contribution is -2.49. The summed E-state index contributed by atoms with van der Waals surface area (Å²) in [5.41, 5.74) is 1.17. The number of rotatable bonds is 3. The number of hydrogen-bond donors (Lipinski definition) is 1. The molecule has 5 nitrogen and oxygen atoms in total. The molecule has 4 aliphatic carbocycles. The van der Waals surface area contributed by atoms with Crippen molar-refractivity contribution in [3.63, 3.8) is 0 Å². The molecule has 1 aromatic rings. The molecule has 0 unspecified atom stereocenters. The molecule has 0 aliphatic heterocycles. The summed E-state index contributed by atoms with van der Waals surface area (Å²) in [5.74, 6) is 2.00. The van der Waals surface area contributed by atoms with E-state index >= 15 is 0 Å². The van der Waals surface area contributed by atoms with Crippen molar-refractivity contribution in [1.29, 1.82) is 0 Å². The highest BCUT2D eigenvalue weighted by Gasteiger charge is 2.52. The largest absolute Gasteiger partial charge is 0.481 e. The van der Waals surface area contributed by atoms with Gasteiger partial charge in [0, 0.05) is 5.41 Å². The molecule has 1 aromatic heterocycles. The lowest BCUT2D eigenvalue weighted by molar-refractivity contribution is -0.136. The molecule has 4 saturated carbocycles. The Morgan fingerprint density at radius 2 is 1.80 bits per heavy atom. The minimum absolute atomic E-state index is 0.132. The minimum atomic E-state index is -0.894. The van der Waals surface area contributed by atoms with Gasteiger partial charge in [-0.1, -0.05) is 0 Å². The average molecular weight is 273 g/mol. The zero-order valence-corrected chi connectivity index (χ0v) is 11.5. The molecule has 1 N–H and O–H groups in total. The Kier molecular flexibility index (Phi) is 2.59. The van der Waals surface area contributed by atoms with Gasteiger partial charge in [0.05, 0.1) is 11.9 Å². The Bertz CT molecular complexity index is 523. The van der Waals surface area contributed by atoms with Crippen LogP contribution in [0.3, 0.4) is 0 Å². The quantitative estimate of drug-likeness (QED) is 0.911. The fraction of sp³-hybridized carbons (Fsp3) is 0.733. The molecule has 0 aromatic carbocycles. The highest BCUT2D eigenvalue weighted by molar-refractivity contribution is 5.68. The minimum Gasteiger partial charge on any atom is -0.481 e. The van der Waals surface area contributed by atoms with Crippen LogP contribution in [0, 0.1) is 17.8 Å². The van der Waals surface area contributed by atoms with Crippen LogP contribution in [0.25, 0.3) is 0 Å². The van der Waals surface area contributed by atoms with Crippen LogP contribution in [0.15, 0.2) is 6.20 Å². The molecule has 1 heterocycles. The Morgan fingerprint density at radius 3 is 2.35 bits per heavy atom. The third-order valence-electron chi connectivity index (χ3n) is 5.49. The average Bonchev–Trinajstić information content (AvgIpc) is 2.36. The van der Waals surface area contributed by atoms with Crippen LogP contribution in [-0.2, 0) is 16.6 Å². The summed E-state index contributed by atoms with van der Waals surface area (Å²) < 4.78 is 0. The van der Waals surface area contributed by atoms with Crippen LogP contribution in [0.1, 0.15) is 50.0 Å². The van der Waals surface area contributed by atoms with Gasteiger partial charge < -0.3 is 5.11 Å². The SMILES string of the molecule is O=C(O)Cc1nncc(C23CC4CC(CC(C4)C2)C3)n1. The van der Waals surface area contributed by atoms with Gasteiger partial charge >= 0.3 is 5.97 Å². The normalized spacial score (nSPS) is 38.1. The van der Waals surface area contributed by atoms with Gasteiger partial charge in [-0.2, -0.15) is 5.10 Å². The number of hydrogen-bond acceptors (Lipinski definition) is 4. The highest BCUT2D eigenvalue weighted by Crippen LogP contribution is 2.60. The summed E-state index contributed by atoms with van der Waals surface area (Å²) in [6, 6.07) is 0. The van der Waals surface area contributed by atoms with Crippen molar-refractivity contribution in [2.24, 2.45) is 17.8 Å². The maximum atomic E-state index is 10.8. The second-order valence-corrected chi connectivity index (χ2v) is 7.03. The van der Waals surface area contributed by atoms with Crippen LogP contribution in [0.4, 0.5) is 0 Å². The van der Waals surface area contributed by atoms with Crippen molar-refractivity contribution in [2.45, 2.75) is 50.4 Å². The van der Waals surface area contributed by atoms with Crippen molar-refractivity contribution in [3.8, 4) is 0 Å². The fourth-order valence-corrected chi connectivity index (χ4v) is 5.23. The van der Waals surface area contributed by atoms with Gasteiger partial charge in [0.1, 0.15) is 6.42 Å². The third kappa shape index (κ3) is 1.91. The van der Waals surface area contributed by atoms with Gasteiger partial charge in [-0.05, 0) is 56.3 Å². The predicted molar refractivity (Wildman–Crippen MR) is 71.0 cm³/mol. The maximum absolute atomic E-state index is 10.8. The van der Waals surface area contributed by atoms with E-state index in [1.807, 2.05) is 0 Å². The summed E-state index contributed by atoms with van der Waals surface area (Å²) in [4.78, 5) is 15.4. The standard InChI is InChI=1S/C15H19N3O2/c19-14(20)4-13-17-12(8-16-18-13)15-5-9-1-10(6-15)3-11(2-9)7-15/h8-11H,1-7H2,(H,19,20). The van der Waals surface area contributed by atoms with Gasteiger partial charge in [0.15, 0.2) is 5.82 Å².